The fraction of sp³-hybridized carbons (Fsp3) is 0.179. The van der Waals surface area contributed by atoms with Crippen molar-refractivity contribution in [2.75, 3.05) is 7.11 Å². The van der Waals surface area contributed by atoms with Crippen molar-refractivity contribution in [1.29, 1.82) is 0 Å². The molecule has 5 N–H and O–H groups in total. The molecule has 0 fully saturated rings. The third-order valence-electron chi connectivity index (χ3n) is 5.81. The number of aromatic amines is 1. The number of H-pyrrole nitrogens is 1. The van der Waals surface area contributed by atoms with Gasteiger partial charge in [-0.25, -0.2) is 14.4 Å². The summed E-state index contributed by atoms with van der Waals surface area (Å²) in [7, 11) is 1.28. The first-order valence-corrected chi connectivity index (χ1v) is 11.6. The Morgan fingerprint density at radius 3 is 1.97 bits per heavy atom. The fourth-order valence-electron chi connectivity index (χ4n) is 3.81. The number of esters is 3. The van der Waals surface area contributed by atoms with E-state index in [-0.39, 0.29) is 12.2 Å². The van der Waals surface area contributed by atoms with Crippen molar-refractivity contribution in [3.8, 4) is 11.5 Å². The molecule has 0 aliphatic carbocycles. The van der Waals surface area contributed by atoms with Gasteiger partial charge in [0.05, 0.1) is 12.7 Å². The highest BCUT2D eigenvalue weighted by Crippen LogP contribution is 2.20. The van der Waals surface area contributed by atoms with Crippen molar-refractivity contribution in [3.63, 3.8) is 0 Å². The number of aromatic nitrogens is 1. The molecule has 1 aromatic heterocycles. The number of para-hydroxylation sites is 1. The predicted molar refractivity (Wildman–Crippen MR) is 137 cm³/mol. The number of carbonyl (C=O) groups excluding carboxylic acids is 3. The van der Waals surface area contributed by atoms with E-state index in [1.54, 1.807) is 24.3 Å². The largest absolute Gasteiger partial charge is 0.465 e. The molecule has 4 rings (SSSR count). The zero-order valence-corrected chi connectivity index (χ0v) is 20.2. The van der Waals surface area contributed by atoms with Gasteiger partial charge in [-0.05, 0) is 60.0 Å². The van der Waals surface area contributed by atoms with Crippen LogP contribution in [0.25, 0.3) is 10.9 Å². The van der Waals surface area contributed by atoms with Crippen molar-refractivity contribution in [2.24, 2.45) is 11.5 Å². The minimum atomic E-state index is -0.918. The second kappa shape index (κ2) is 11.5. The van der Waals surface area contributed by atoms with E-state index in [2.05, 4.69) is 9.72 Å². The Labute approximate surface area is 213 Å². The number of rotatable bonds is 9. The maximum Gasteiger partial charge on any atom is 0.337 e. The van der Waals surface area contributed by atoms with Gasteiger partial charge in [0.1, 0.15) is 23.6 Å². The Kier molecular flexibility index (Phi) is 7.97. The Bertz CT molecular complexity index is 1400. The second-order valence-electron chi connectivity index (χ2n) is 8.48. The van der Waals surface area contributed by atoms with Gasteiger partial charge in [-0.15, -0.1) is 0 Å². The van der Waals surface area contributed by atoms with Crippen LogP contribution in [0.2, 0.25) is 0 Å². The van der Waals surface area contributed by atoms with Crippen LogP contribution in [0.1, 0.15) is 21.5 Å². The summed E-state index contributed by atoms with van der Waals surface area (Å²) in [6.45, 7) is 0. The zero-order valence-electron chi connectivity index (χ0n) is 20.2. The number of carbonyl (C=O) groups is 3. The fourth-order valence-corrected chi connectivity index (χ4v) is 3.81. The molecule has 0 aliphatic heterocycles. The van der Waals surface area contributed by atoms with Crippen LogP contribution in [-0.4, -0.2) is 42.1 Å². The molecule has 4 aromatic rings. The first-order chi connectivity index (χ1) is 17.8. The molecule has 0 radical (unpaired) electrons. The minimum Gasteiger partial charge on any atom is -0.465 e. The van der Waals surface area contributed by atoms with E-state index in [4.69, 9.17) is 20.9 Å². The number of fused-ring (bicyclic) bond motifs is 1. The van der Waals surface area contributed by atoms with Crippen molar-refractivity contribution < 1.29 is 28.6 Å². The lowest BCUT2D eigenvalue weighted by molar-refractivity contribution is -0.136. The second-order valence-corrected chi connectivity index (χ2v) is 8.48. The summed E-state index contributed by atoms with van der Waals surface area (Å²) in [5.41, 5.74) is 15.1. The van der Waals surface area contributed by atoms with E-state index in [1.807, 2.05) is 30.5 Å². The molecule has 3 aromatic carbocycles. The third kappa shape index (κ3) is 6.40. The van der Waals surface area contributed by atoms with Crippen LogP contribution < -0.4 is 20.9 Å². The number of ether oxygens (including phenoxy) is 3. The lowest BCUT2D eigenvalue weighted by Crippen LogP contribution is -2.36. The third-order valence-corrected chi connectivity index (χ3v) is 5.81. The zero-order chi connectivity index (χ0) is 26.4. The summed E-state index contributed by atoms with van der Waals surface area (Å²) in [4.78, 5) is 39.5. The maximum atomic E-state index is 12.5. The molecule has 0 bridgehead atoms. The first-order valence-electron chi connectivity index (χ1n) is 11.6. The molecule has 2 atom stereocenters. The Balaban J connectivity index is 1.28. The molecule has 0 amide bonds. The number of hydrogen-bond acceptors (Lipinski definition) is 8. The number of nitrogens with one attached hydrogen (secondary N) is 1. The highest BCUT2D eigenvalue weighted by molar-refractivity contribution is 5.89. The quantitative estimate of drug-likeness (QED) is 0.234. The summed E-state index contributed by atoms with van der Waals surface area (Å²) >= 11 is 0. The van der Waals surface area contributed by atoms with E-state index >= 15 is 0 Å². The molecule has 190 valence electrons. The molecular formula is C28H27N3O6. The molecular weight excluding hydrogens is 474 g/mol. The van der Waals surface area contributed by atoms with Crippen LogP contribution in [0.4, 0.5) is 0 Å². The molecule has 0 saturated heterocycles. The molecule has 0 saturated carbocycles. The van der Waals surface area contributed by atoms with Gasteiger partial charge in [0.15, 0.2) is 0 Å². The van der Waals surface area contributed by atoms with Gasteiger partial charge in [0, 0.05) is 23.5 Å². The van der Waals surface area contributed by atoms with Crippen LogP contribution in [-0.2, 0) is 27.2 Å². The van der Waals surface area contributed by atoms with E-state index in [0.717, 1.165) is 22.0 Å². The number of nitrogens with two attached hydrogens (primary N) is 2. The molecule has 0 spiro atoms. The standard InChI is InChI=1S/C28H27N3O6/c1-35-26(32)18-8-12-21(13-9-18)37-27(33)23(29)14-17-6-10-20(11-7-17)36-28(34)24(30)15-19-16-31-25-5-3-2-4-22(19)25/h2-13,16,23-24,31H,14-15,29-30H2,1H3/t23-,24-/m0/s1. The van der Waals surface area contributed by atoms with Gasteiger partial charge in [-0.1, -0.05) is 30.3 Å². The van der Waals surface area contributed by atoms with E-state index in [9.17, 15) is 14.4 Å². The lowest BCUT2D eigenvalue weighted by Gasteiger charge is -2.13. The van der Waals surface area contributed by atoms with Crippen LogP contribution in [0.5, 0.6) is 11.5 Å². The van der Waals surface area contributed by atoms with Crippen molar-refractivity contribution in [3.05, 3.63) is 95.7 Å². The summed E-state index contributed by atoms with van der Waals surface area (Å²) in [5.74, 6) is -1.05. The molecule has 9 heteroatoms. The average molecular weight is 502 g/mol. The van der Waals surface area contributed by atoms with Crippen LogP contribution in [0.3, 0.4) is 0 Å². The number of methoxy groups -OCH3 is 1. The summed E-state index contributed by atoms with van der Waals surface area (Å²) in [6.07, 6.45) is 2.40. The van der Waals surface area contributed by atoms with Crippen LogP contribution in [0.15, 0.2) is 79.0 Å². The summed E-state index contributed by atoms with van der Waals surface area (Å²) in [6, 6.07) is 18.7. The molecule has 9 nitrogen and oxygen atoms in total. The average Bonchev–Trinajstić information content (AvgIpc) is 3.32. The van der Waals surface area contributed by atoms with Gasteiger partial charge in [0.2, 0.25) is 0 Å². The van der Waals surface area contributed by atoms with Crippen molar-refractivity contribution in [1.82, 2.24) is 4.98 Å². The minimum absolute atomic E-state index is 0.216. The lowest BCUT2D eigenvalue weighted by atomic mass is 10.1. The Morgan fingerprint density at radius 1 is 0.784 bits per heavy atom. The Hall–Kier alpha value is -4.47. The topological polar surface area (TPSA) is 147 Å². The summed E-state index contributed by atoms with van der Waals surface area (Å²) in [5, 5.41) is 1.02. The molecule has 0 unspecified atom stereocenters. The van der Waals surface area contributed by atoms with E-state index in [0.29, 0.717) is 17.7 Å². The van der Waals surface area contributed by atoms with Gasteiger partial charge in [-0.2, -0.15) is 0 Å². The van der Waals surface area contributed by atoms with Crippen LogP contribution in [0, 0.1) is 0 Å². The molecule has 1 heterocycles. The molecule has 0 aliphatic rings. The van der Waals surface area contributed by atoms with Crippen molar-refractivity contribution >= 4 is 28.8 Å². The number of hydrogen-bond donors (Lipinski definition) is 3. The SMILES string of the molecule is COC(=O)c1ccc(OC(=O)[C@@H](N)Cc2ccc(OC(=O)[C@@H](N)Cc3c[nH]c4ccccc34)cc2)cc1. The first kappa shape index (κ1) is 25.6. The highest BCUT2D eigenvalue weighted by atomic mass is 16.5. The van der Waals surface area contributed by atoms with Crippen LogP contribution >= 0.6 is 0 Å². The normalized spacial score (nSPS) is 12.5. The maximum absolute atomic E-state index is 12.5. The molecule has 37 heavy (non-hydrogen) atoms. The monoisotopic (exact) mass is 501 g/mol. The van der Waals surface area contributed by atoms with Gasteiger partial charge >= 0.3 is 17.9 Å². The van der Waals surface area contributed by atoms with E-state index < -0.39 is 30.0 Å². The smallest absolute Gasteiger partial charge is 0.337 e. The highest BCUT2D eigenvalue weighted by Gasteiger charge is 2.20. The predicted octanol–water partition coefficient (Wildman–Crippen LogP) is 2.91. The summed E-state index contributed by atoms with van der Waals surface area (Å²) < 4.78 is 15.4. The number of benzene rings is 3. The van der Waals surface area contributed by atoms with Crippen molar-refractivity contribution in [2.45, 2.75) is 24.9 Å². The van der Waals surface area contributed by atoms with Gasteiger partial charge in [-0.3, -0.25) is 0 Å². The van der Waals surface area contributed by atoms with Gasteiger partial charge < -0.3 is 30.7 Å². The Morgan fingerprint density at radius 2 is 1.35 bits per heavy atom. The van der Waals surface area contributed by atoms with Gasteiger partial charge in [0.25, 0.3) is 0 Å². The van der Waals surface area contributed by atoms with E-state index in [1.165, 1.54) is 31.4 Å².